The van der Waals surface area contributed by atoms with Crippen LogP contribution in [-0.2, 0) is 18.3 Å². The molecule has 25 heavy (non-hydrogen) atoms. The number of nitrogen functional groups attached to an aromatic ring is 1. The van der Waals surface area contributed by atoms with E-state index < -0.39 is 0 Å². The van der Waals surface area contributed by atoms with Crippen molar-refractivity contribution < 1.29 is 55.9 Å². The van der Waals surface area contributed by atoms with Crippen molar-refractivity contribution in [2.24, 2.45) is 0 Å². The predicted molar refractivity (Wildman–Crippen MR) is 97.6 cm³/mol. The number of aromatic nitrogens is 1. The molecule has 0 fully saturated rings. The molecule has 3 nitrogen and oxygen atoms in total. The van der Waals surface area contributed by atoms with Gasteiger partial charge in [0, 0.05) is 5.69 Å². The molecule has 0 amide bonds. The summed E-state index contributed by atoms with van der Waals surface area (Å²) < 4.78 is 4.89. The average molecular weight is 360 g/mol. The van der Waals surface area contributed by atoms with Crippen LogP contribution in [0.2, 0.25) is 0 Å². The number of hydrogen-bond donors (Lipinski definition) is 1. The van der Waals surface area contributed by atoms with Crippen molar-refractivity contribution in [1.29, 1.82) is 0 Å². The number of hydrogen-bond acceptors (Lipinski definition) is 3. The summed E-state index contributed by atoms with van der Waals surface area (Å²) in [5, 5.41) is 3.49. The van der Waals surface area contributed by atoms with Gasteiger partial charge >= 0.3 is 51.4 Å². The monoisotopic (exact) mass is 359 g/mol. The molecule has 0 aliphatic heterocycles. The van der Waals surface area contributed by atoms with E-state index in [1.165, 1.54) is 11.1 Å². The largest absolute Gasteiger partial charge is 1.00 e. The fourth-order valence-corrected chi connectivity index (χ4v) is 2.10. The predicted octanol–water partition coefficient (Wildman–Crippen LogP) is 1.63. The molecule has 0 saturated heterocycles. The van der Waals surface area contributed by atoms with E-state index in [0.29, 0.717) is 0 Å². The second-order valence-corrected chi connectivity index (χ2v) is 6.72. The topological polar surface area (TPSA) is 52.0 Å². The third-order valence-corrected chi connectivity index (χ3v) is 3.60. The molecule has 4 heteroatoms. The Kier molecular flexibility index (Phi) is 9.68. The smallest absolute Gasteiger partial charge is 0.470 e. The molecule has 0 radical (unpaired) electrons. The van der Waals surface area contributed by atoms with Gasteiger partial charge in [0.1, 0.15) is 0 Å². The molecule has 126 valence electrons. The molecule has 1 aromatic heterocycles. The normalized spacial score (nSPS) is 10.4. The Morgan fingerprint density at radius 2 is 1.52 bits per heavy atom. The quantitative estimate of drug-likeness (QED) is 0.439. The van der Waals surface area contributed by atoms with Gasteiger partial charge in [-0.3, -0.25) is 0 Å². The molecule has 0 aliphatic rings. The Morgan fingerprint density at radius 3 is 1.96 bits per heavy atom. The van der Waals surface area contributed by atoms with Crippen LogP contribution in [0.15, 0.2) is 59.1 Å². The maximum Gasteiger partial charge on any atom is 1.00 e. The van der Waals surface area contributed by atoms with Gasteiger partial charge in [-0.15, -0.1) is 6.20 Å². The second-order valence-electron chi connectivity index (χ2n) is 6.72. The summed E-state index contributed by atoms with van der Waals surface area (Å²) in [5.74, 6) is 0.877. The molecular formula is C21H24KN2O-. The average Bonchev–Trinajstić information content (AvgIpc) is 3.11. The first-order chi connectivity index (χ1) is 11.4. The minimum absolute atomic E-state index is 0. The first-order valence-corrected chi connectivity index (χ1v) is 8.08. The summed E-state index contributed by atoms with van der Waals surface area (Å²) in [6, 6.07) is 21.0. The van der Waals surface area contributed by atoms with E-state index in [9.17, 15) is 0 Å². The van der Waals surface area contributed by atoms with Crippen molar-refractivity contribution in [3.8, 4) is 0 Å². The Bertz CT molecular complexity index is 702. The van der Waals surface area contributed by atoms with E-state index in [2.05, 4.69) is 62.5 Å². The van der Waals surface area contributed by atoms with Gasteiger partial charge in [0.15, 0.2) is 0 Å². The third kappa shape index (κ3) is 8.34. The molecule has 0 unspecified atom stereocenters. The number of benzene rings is 2. The first kappa shape index (κ1) is 22.1. The van der Waals surface area contributed by atoms with Gasteiger partial charge in [-0.25, -0.2) is 5.16 Å². The summed E-state index contributed by atoms with van der Waals surface area (Å²) in [7, 11) is 0. The molecule has 2 aromatic carbocycles. The van der Waals surface area contributed by atoms with Gasteiger partial charge in [-0.2, -0.15) is 42.0 Å². The van der Waals surface area contributed by atoms with Gasteiger partial charge in [-0.1, -0.05) is 32.9 Å². The first-order valence-electron chi connectivity index (χ1n) is 8.08. The Morgan fingerprint density at radius 1 is 0.960 bits per heavy atom. The van der Waals surface area contributed by atoms with Crippen LogP contribution in [0.5, 0.6) is 0 Å². The van der Waals surface area contributed by atoms with E-state index in [4.69, 9.17) is 10.3 Å². The van der Waals surface area contributed by atoms with E-state index in [0.717, 1.165) is 24.3 Å². The van der Waals surface area contributed by atoms with Gasteiger partial charge in [0.25, 0.3) is 0 Å². The maximum absolute atomic E-state index is 5.63. The Balaban J connectivity index is 0.000000270. The molecule has 3 aromatic rings. The number of rotatable bonds is 3. The number of aryl methyl sites for hydroxylation is 2. The molecule has 0 atom stereocenters. The number of anilines is 1. The molecule has 0 bridgehead atoms. The van der Waals surface area contributed by atoms with E-state index in [1.807, 2.05) is 24.3 Å². The summed E-state index contributed by atoms with van der Waals surface area (Å²) in [4.78, 5) is 0. The SMILES string of the molecule is CC(C)(C)c1c[c-]no1.Nc1ccc(CCc2cc[c-]cc2)cc1.[K+]. The molecule has 0 spiro atoms. The van der Waals surface area contributed by atoms with Gasteiger partial charge in [0.05, 0.1) is 0 Å². The van der Waals surface area contributed by atoms with Crippen molar-refractivity contribution in [2.75, 3.05) is 5.73 Å². The Hall–Kier alpha value is -0.914. The van der Waals surface area contributed by atoms with Crippen molar-refractivity contribution in [2.45, 2.75) is 39.0 Å². The van der Waals surface area contributed by atoms with Crippen LogP contribution in [0.1, 0.15) is 37.7 Å². The van der Waals surface area contributed by atoms with Crippen LogP contribution in [0.3, 0.4) is 0 Å². The van der Waals surface area contributed by atoms with Gasteiger partial charge < -0.3 is 10.3 Å². The van der Waals surface area contributed by atoms with Crippen molar-refractivity contribution in [1.82, 2.24) is 5.16 Å². The van der Waals surface area contributed by atoms with Crippen LogP contribution >= 0.6 is 0 Å². The summed E-state index contributed by atoms with van der Waals surface area (Å²) in [6.07, 6.45) is 4.75. The molecule has 0 saturated carbocycles. The fourth-order valence-electron chi connectivity index (χ4n) is 2.10. The fraction of sp³-hybridized carbons (Fsp3) is 0.286. The zero-order chi connectivity index (χ0) is 17.4. The summed E-state index contributed by atoms with van der Waals surface area (Å²) in [5.41, 5.74) is 9.20. The third-order valence-electron chi connectivity index (χ3n) is 3.60. The van der Waals surface area contributed by atoms with E-state index >= 15 is 0 Å². The van der Waals surface area contributed by atoms with Crippen LogP contribution in [0.4, 0.5) is 5.69 Å². The van der Waals surface area contributed by atoms with Crippen molar-refractivity contribution in [3.05, 3.63) is 83.7 Å². The minimum atomic E-state index is 0. The standard InChI is InChI=1S/C14H14N.C7H10NO.K/c15-14-10-8-13(9-11-14)7-6-12-4-2-1-3-5-12;1-7(2,3)6-4-5-8-9-6;/h2-5,8-11H,6-7,15H2;4H,1-3H3;/q2*-1;+1. The molecule has 1 heterocycles. The van der Waals surface area contributed by atoms with E-state index in [1.54, 1.807) is 6.07 Å². The molecule has 3 rings (SSSR count). The Labute approximate surface area is 193 Å². The number of nitrogens with zero attached hydrogens (tertiary/aromatic N) is 1. The van der Waals surface area contributed by atoms with Crippen molar-refractivity contribution in [3.63, 3.8) is 0 Å². The second kappa shape index (κ2) is 10.9. The zero-order valence-corrected chi connectivity index (χ0v) is 18.7. The van der Waals surface area contributed by atoms with E-state index in [-0.39, 0.29) is 56.8 Å². The molecule has 2 N–H and O–H groups in total. The minimum Gasteiger partial charge on any atom is -0.470 e. The summed E-state index contributed by atoms with van der Waals surface area (Å²) >= 11 is 0. The van der Waals surface area contributed by atoms with Crippen LogP contribution in [0, 0.1) is 12.3 Å². The van der Waals surface area contributed by atoms with Crippen LogP contribution in [0.25, 0.3) is 0 Å². The zero-order valence-electron chi connectivity index (χ0n) is 15.5. The van der Waals surface area contributed by atoms with Crippen LogP contribution in [-0.4, -0.2) is 5.16 Å². The van der Waals surface area contributed by atoms with Crippen LogP contribution < -0.4 is 57.1 Å². The number of nitrogens with two attached hydrogens (primary N) is 1. The maximum atomic E-state index is 5.63. The molecule has 0 aliphatic carbocycles. The van der Waals surface area contributed by atoms with Crippen molar-refractivity contribution >= 4 is 5.69 Å². The van der Waals surface area contributed by atoms with Gasteiger partial charge in [-0.05, 0) is 41.7 Å². The summed E-state index contributed by atoms with van der Waals surface area (Å²) in [6.45, 7) is 6.21. The molecular weight excluding hydrogens is 335 g/mol. The van der Waals surface area contributed by atoms with Gasteiger partial charge in [0.2, 0.25) is 0 Å².